The van der Waals surface area contributed by atoms with Gasteiger partial charge in [-0.3, -0.25) is 5.41 Å². The van der Waals surface area contributed by atoms with Crippen molar-refractivity contribution in [3.05, 3.63) is 28.2 Å². The Kier molecular flexibility index (Phi) is 3.26. The highest BCUT2D eigenvalue weighted by molar-refractivity contribution is 6.39. The van der Waals surface area contributed by atoms with E-state index in [4.69, 9.17) is 34.3 Å². The van der Waals surface area contributed by atoms with Crippen LogP contribution in [0.2, 0.25) is 10.0 Å². The first kappa shape index (κ1) is 11.6. The smallest absolute Gasteiger partial charge is 0.193 e. The van der Waals surface area contributed by atoms with Gasteiger partial charge in [0.25, 0.3) is 0 Å². The standard InChI is InChI=1S/C11H13Cl2N3/c12-8-2-1-3-9(13)10(8)16(11(14)15)6-7-4-5-7/h1-3,7H,4-6H2,(H3,14,15). The average Bonchev–Trinajstić information content (AvgIpc) is 2.99. The summed E-state index contributed by atoms with van der Waals surface area (Å²) in [5.74, 6) is 0.595. The van der Waals surface area contributed by atoms with Crippen molar-refractivity contribution in [1.29, 1.82) is 5.41 Å². The van der Waals surface area contributed by atoms with E-state index in [1.54, 1.807) is 23.1 Å². The third kappa shape index (κ3) is 2.42. The monoisotopic (exact) mass is 257 g/mol. The SMILES string of the molecule is N=C(N)N(CC1CC1)c1c(Cl)cccc1Cl. The predicted octanol–water partition coefficient (Wildman–Crippen LogP) is 3.10. The first-order valence-electron chi connectivity index (χ1n) is 5.15. The van der Waals surface area contributed by atoms with E-state index in [0.717, 1.165) is 6.54 Å². The second-order valence-corrected chi connectivity index (χ2v) is 4.82. The summed E-state index contributed by atoms with van der Waals surface area (Å²) >= 11 is 12.2. The second kappa shape index (κ2) is 4.52. The van der Waals surface area contributed by atoms with Gasteiger partial charge < -0.3 is 10.6 Å². The fraction of sp³-hybridized carbons (Fsp3) is 0.364. The van der Waals surface area contributed by atoms with Crippen LogP contribution in [0.4, 0.5) is 5.69 Å². The molecule has 0 bridgehead atoms. The quantitative estimate of drug-likeness (QED) is 0.646. The summed E-state index contributed by atoms with van der Waals surface area (Å²) in [4.78, 5) is 1.68. The summed E-state index contributed by atoms with van der Waals surface area (Å²) in [6.07, 6.45) is 2.37. The van der Waals surface area contributed by atoms with E-state index >= 15 is 0 Å². The molecule has 0 aromatic heterocycles. The van der Waals surface area contributed by atoms with E-state index in [-0.39, 0.29) is 5.96 Å². The van der Waals surface area contributed by atoms with Crippen molar-refractivity contribution in [2.24, 2.45) is 11.7 Å². The van der Waals surface area contributed by atoms with Crippen molar-refractivity contribution in [1.82, 2.24) is 0 Å². The van der Waals surface area contributed by atoms with Gasteiger partial charge in [0.1, 0.15) is 0 Å². The van der Waals surface area contributed by atoms with Crippen LogP contribution in [0.15, 0.2) is 18.2 Å². The van der Waals surface area contributed by atoms with Crippen LogP contribution in [0.3, 0.4) is 0 Å². The summed E-state index contributed by atoms with van der Waals surface area (Å²) in [7, 11) is 0. The molecule has 2 rings (SSSR count). The zero-order chi connectivity index (χ0) is 11.7. The lowest BCUT2D eigenvalue weighted by Crippen LogP contribution is -2.38. The largest absolute Gasteiger partial charge is 0.370 e. The molecule has 1 aromatic rings. The van der Waals surface area contributed by atoms with Gasteiger partial charge in [-0.15, -0.1) is 0 Å². The number of nitrogens with zero attached hydrogens (tertiary/aromatic N) is 1. The van der Waals surface area contributed by atoms with Crippen LogP contribution >= 0.6 is 23.2 Å². The Morgan fingerprint density at radius 1 is 1.38 bits per heavy atom. The van der Waals surface area contributed by atoms with E-state index in [1.807, 2.05) is 0 Å². The van der Waals surface area contributed by atoms with Gasteiger partial charge in [0.05, 0.1) is 15.7 Å². The lowest BCUT2D eigenvalue weighted by atomic mass is 10.2. The topological polar surface area (TPSA) is 53.1 Å². The number of benzene rings is 1. The summed E-state index contributed by atoms with van der Waals surface area (Å²) in [6, 6.07) is 5.29. The highest BCUT2D eigenvalue weighted by Crippen LogP contribution is 2.37. The molecule has 0 aliphatic heterocycles. The minimum Gasteiger partial charge on any atom is -0.370 e. The van der Waals surface area contributed by atoms with E-state index in [2.05, 4.69) is 0 Å². The van der Waals surface area contributed by atoms with Gasteiger partial charge in [0.2, 0.25) is 0 Å². The number of halogens is 2. The van der Waals surface area contributed by atoms with Crippen molar-refractivity contribution in [3.63, 3.8) is 0 Å². The summed E-state index contributed by atoms with van der Waals surface area (Å²) in [5, 5.41) is 8.65. The van der Waals surface area contributed by atoms with Crippen LogP contribution in [0.1, 0.15) is 12.8 Å². The van der Waals surface area contributed by atoms with Crippen LogP contribution in [-0.2, 0) is 0 Å². The molecule has 0 saturated heterocycles. The predicted molar refractivity (Wildman–Crippen MR) is 68.4 cm³/mol. The maximum absolute atomic E-state index is 7.59. The minimum absolute atomic E-state index is 0.0121. The van der Waals surface area contributed by atoms with Gasteiger partial charge in [-0.1, -0.05) is 29.3 Å². The molecule has 0 heterocycles. The van der Waals surface area contributed by atoms with E-state index in [1.165, 1.54) is 12.8 Å². The van der Waals surface area contributed by atoms with Gasteiger partial charge >= 0.3 is 0 Å². The number of nitrogens with one attached hydrogen (secondary N) is 1. The highest BCUT2D eigenvalue weighted by Gasteiger charge is 2.27. The van der Waals surface area contributed by atoms with Crippen molar-refractivity contribution < 1.29 is 0 Å². The zero-order valence-corrected chi connectivity index (χ0v) is 10.2. The Bertz CT molecular complexity index is 395. The molecule has 0 radical (unpaired) electrons. The van der Waals surface area contributed by atoms with Crippen LogP contribution in [0.5, 0.6) is 0 Å². The van der Waals surface area contributed by atoms with Crippen LogP contribution in [0, 0.1) is 11.3 Å². The number of rotatable bonds is 3. The molecule has 1 aliphatic rings. The molecule has 1 aliphatic carbocycles. The molecular weight excluding hydrogens is 245 g/mol. The third-order valence-corrected chi connectivity index (χ3v) is 3.25. The first-order chi connectivity index (χ1) is 7.59. The number of hydrogen-bond acceptors (Lipinski definition) is 1. The maximum Gasteiger partial charge on any atom is 0.193 e. The summed E-state index contributed by atoms with van der Waals surface area (Å²) < 4.78 is 0. The number of hydrogen-bond donors (Lipinski definition) is 2. The lowest BCUT2D eigenvalue weighted by Gasteiger charge is -2.24. The molecule has 1 fully saturated rings. The molecule has 0 unspecified atom stereocenters. The normalized spacial score (nSPS) is 14.9. The van der Waals surface area contributed by atoms with Crippen LogP contribution < -0.4 is 10.6 Å². The van der Waals surface area contributed by atoms with Crippen LogP contribution in [-0.4, -0.2) is 12.5 Å². The zero-order valence-electron chi connectivity index (χ0n) is 8.71. The molecule has 1 saturated carbocycles. The average molecular weight is 258 g/mol. The lowest BCUT2D eigenvalue weighted by molar-refractivity contribution is 0.821. The molecule has 5 heteroatoms. The maximum atomic E-state index is 7.59. The fourth-order valence-corrected chi connectivity index (χ4v) is 2.22. The van der Waals surface area contributed by atoms with Gasteiger partial charge in [0, 0.05) is 6.54 Å². The molecule has 16 heavy (non-hydrogen) atoms. The summed E-state index contributed by atoms with van der Waals surface area (Å²) in [6.45, 7) is 0.721. The Morgan fingerprint density at radius 2 is 1.94 bits per heavy atom. The van der Waals surface area contributed by atoms with Crippen molar-refractivity contribution in [2.75, 3.05) is 11.4 Å². The fourth-order valence-electron chi connectivity index (χ4n) is 1.62. The highest BCUT2D eigenvalue weighted by atomic mass is 35.5. The Labute approximate surface area is 105 Å². The van der Waals surface area contributed by atoms with E-state index in [9.17, 15) is 0 Å². The van der Waals surface area contributed by atoms with E-state index < -0.39 is 0 Å². The number of nitrogens with two attached hydrogens (primary N) is 1. The Balaban J connectivity index is 2.33. The summed E-state index contributed by atoms with van der Waals surface area (Å²) in [5.41, 5.74) is 6.22. The molecule has 86 valence electrons. The van der Waals surface area contributed by atoms with Crippen molar-refractivity contribution >= 4 is 34.8 Å². The molecule has 0 spiro atoms. The van der Waals surface area contributed by atoms with Crippen LogP contribution in [0.25, 0.3) is 0 Å². The number of para-hydroxylation sites is 1. The molecule has 0 amide bonds. The van der Waals surface area contributed by atoms with Gasteiger partial charge in [-0.05, 0) is 30.9 Å². The molecule has 1 aromatic carbocycles. The molecule has 3 nitrogen and oxygen atoms in total. The van der Waals surface area contributed by atoms with Crippen molar-refractivity contribution in [3.8, 4) is 0 Å². The van der Waals surface area contributed by atoms with Gasteiger partial charge in [-0.2, -0.15) is 0 Å². The van der Waals surface area contributed by atoms with Gasteiger partial charge in [-0.25, -0.2) is 0 Å². The van der Waals surface area contributed by atoms with Gasteiger partial charge in [0.15, 0.2) is 5.96 Å². The molecule has 0 atom stereocenters. The molecular formula is C11H13Cl2N3. The minimum atomic E-state index is -0.0121. The second-order valence-electron chi connectivity index (χ2n) is 4.01. The Morgan fingerprint density at radius 3 is 2.38 bits per heavy atom. The Hall–Kier alpha value is -0.930. The van der Waals surface area contributed by atoms with Crippen molar-refractivity contribution in [2.45, 2.75) is 12.8 Å². The van der Waals surface area contributed by atoms with E-state index in [0.29, 0.717) is 21.7 Å². The third-order valence-electron chi connectivity index (χ3n) is 2.64. The number of guanidine groups is 1. The molecule has 3 N–H and O–H groups in total. The number of anilines is 1. The first-order valence-corrected chi connectivity index (χ1v) is 5.90.